The zero-order chi connectivity index (χ0) is 15.6. The quantitative estimate of drug-likeness (QED) is 0.380. The zero-order valence-corrected chi connectivity index (χ0v) is 14.7. The molecule has 0 radical (unpaired) electrons. The fourth-order valence-electron chi connectivity index (χ4n) is 3.71. The third-order valence-corrected chi connectivity index (χ3v) is 5.23. The fraction of sp³-hybridized carbons (Fsp3) is 0.619. The molecule has 0 atom stereocenters. The second-order valence-corrected chi connectivity index (χ2v) is 6.95. The summed E-state index contributed by atoms with van der Waals surface area (Å²) in [6.45, 7) is 2.29. The van der Waals surface area contributed by atoms with E-state index in [1.54, 1.807) is 0 Å². The SMILES string of the molecule is CCCCCCCC1CCC(c2ccc(C#CCl)cc2)CC1. The average Bonchev–Trinajstić information content (AvgIpc) is 2.56. The Morgan fingerprint density at radius 3 is 2.27 bits per heavy atom. The van der Waals surface area contributed by atoms with Crippen molar-refractivity contribution in [1.82, 2.24) is 0 Å². The lowest BCUT2D eigenvalue weighted by Crippen LogP contribution is -2.13. The molecule has 120 valence electrons. The molecule has 0 aromatic heterocycles. The summed E-state index contributed by atoms with van der Waals surface area (Å²) in [6.07, 6.45) is 14.1. The average molecular weight is 317 g/mol. The Morgan fingerprint density at radius 2 is 1.64 bits per heavy atom. The van der Waals surface area contributed by atoms with Crippen molar-refractivity contribution in [3.63, 3.8) is 0 Å². The van der Waals surface area contributed by atoms with Crippen LogP contribution in [0, 0.1) is 17.2 Å². The van der Waals surface area contributed by atoms with Crippen LogP contribution < -0.4 is 0 Å². The van der Waals surface area contributed by atoms with Crippen molar-refractivity contribution < 1.29 is 0 Å². The molecule has 1 saturated carbocycles. The molecular formula is C21H29Cl. The molecular weight excluding hydrogens is 288 g/mol. The highest BCUT2D eigenvalue weighted by atomic mass is 35.5. The summed E-state index contributed by atoms with van der Waals surface area (Å²) in [5.74, 6) is 4.64. The number of rotatable bonds is 7. The molecule has 0 unspecified atom stereocenters. The van der Waals surface area contributed by atoms with Gasteiger partial charge in [0, 0.05) is 10.9 Å². The molecule has 1 aromatic carbocycles. The first kappa shape index (κ1) is 17.4. The number of unbranched alkanes of at least 4 members (excludes halogenated alkanes) is 4. The standard InChI is InChI=1S/C21H29Cl/c1-2-3-4-5-6-7-18-8-12-20(13-9-18)21-14-10-19(11-15-21)16-17-22/h10-11,14-15,18,20H,2-9,12-13H2,1H3. The second-order valence-electron chi connectivity index (χ2n) is 6.76. The lowest BCUT2D eigenvalue weighted by molar-refractivity contribution is 0.302. The van der Waals surface area contributed by atoms with Gasteiger partial charge in [-0.15, -0.1) is 0 Å². The first-order valence-electron chi connectivity index (χ1n) is 9.05. The summed E-state index contributed by atoms with van der Waals surface area (Å²) in [7, 11) is 0. The molecule has 1 aliphatic carbocycles. The van der Waals surface area contributed by atoms with Gasteiger partial charge in [-0.1, -0.05) is 57.6 Å². The van der Waals surface area contributed by atoms with Crippen molar-refractivity contribution in [2.45, 2.75) is 77.0 Å². The summed E-state index contributed by atoms with van der Waals surface area (Å²) < 4.78 is 0. The van der Waals surface area contributed by atoms with Gasteiger partial charge in [0.05, 0.1) is 0 Å². The van der Waals surface area contributed by atoms with E-state index < -0.39 is 0 Å². The van der Waals surface area contributed by atoms with E-state index in [4.69, 9.17) is 11.6 Å². The van der Waals surface area contributed by atoms with E-state index in [-0.39, 0.29) is 0 Å². The largest absolute Gasteiger partial charge is 0.0654 e. The fourth-order valence-corrected chi connectivity index (χ4v) is 3.82. The molecule has 0 aliphatic heterocycles. The van der Waals surface area contributed by atoms with Crippen LogP contribution in [0.5, 0.6) is 0 Å². The van der Waals surface area contributed by atoms with E-state index in [9.17, 15) is 0 Å². The smallest absolute Gasteiger partial charge is 0.0258 e. The number of halogens is 1. The van der Waals surface area contributed by atoms with Crippen molar-refractivity contribution >= 4 is 11.6 Å². The van der Waals surface area contributed by atoms with Crippen molar-refractivity contribution in [3.8, 4) is 11.3 Å². The van der Waals surface area contributed by atoms with Gasteiger partial charge in [0.25, 0.3) is 0 Å². The molecule has 2 rings (SSSR count). The maximum atomic E-state index is 5.45. The molecule has 1 aliphatic rings. The van der Waals surface area contributed by atoms with Crippen molar-refractivity contribution in [2.75, 3.05) is 0 Å². The van der Waals surface area contributed by atoms with Crippen molar-refractivity contribution in [2.24, 2.45) is 5.92 Å². The van der Waals surface area contributed by atoms with Gasteiger partial charge in [-0.3, -0.25) is 0 Å². The summed E-state index contributed by atoms with van der Waals surface area (Å²) in [5.41, 5.74) is 2.50. The Hall–Kier alpha value is -0.930. The number of benzene rings is 1. The lowest BCUT2D eigenvalue weighted by Gasteiger charge is -2.29. The maximum Gasteiger partial charge on any atom is 0.0258 e. The Balaban J connectivity index is 1.71. The summed E-state index contributed by atoms with van der Waals surface area (Å²) in [6, 6.07) is 8.69. The van der Waals surface area contributed by atoms with Gasteiger partial charge in [-0.25, -0.2) is 0 Å². The maximum absolute atomic E-state index is 5.45. The minimum Gasteiger partial charge on any atom is -0.0654 e. The van der Waals surface area contributed by atoms with E-state index >= 15 is 0 Å². The van der Waals surface area contributed by atoms with Crippen LogP contribution in [0.25, 0.3) is 0 Å². The molecule has 0 saturated heterocycles. The third kappa shape index (κ3) is 5.69. The van der Waals surface area contributed by atoms with Crippen LogP contribution in [0.3, 0.4) is 0 Å². The van der Waals surface area contributed by atoms with Gasteiger partial charge in [-0.05, 0) is 72.7 Å². The zero-order valence-electron chi connectivity index (χ0n) is 13.9. The molecule has 1 heteroatoms. The van der Waals surface area contributed by atoms with E-state index in [0.717, 1.165) is 17.4 Å². The molecule has 22 heavy (non-hydrogen) atoms. The Kier molecular flexibility index (Phi) is 7.89. The highest BCUT2D eigenvalue weighted by Gasteiger charge is 2.21. The van der Waals surface area contributed by atoms with Crippen molar-refractivity contribution in [1.29, 1.82) is 0 Å². The van der Waals surface area contributed by atoms with E-state index in [2.05, 4.69) is 42.5 Å². The molecule has 0 amide bonds. The number of hydrogen-bond acceptors (Lipinski definition) is 0. The number of hydrogen-bond donors (Lipinski definition) is 0. The van der Waals surface area contributed by atoms with Gasteiger partial charge < -0.3 is 0 Å². The first-order valence-corrected chi connectivity index (χ1v) is 9.43. The molecule has 0 heterocycles. The minimum absolute atomic E-state index is 0.759. The predicted molar refractivity (Wildman–Crippen MR) is 97.2 cm³/mol. The van der Waals surface area contributed by atoms with Crippen molar-refractivity contribution in [3.05, 3.63) is 35.4 Å². The van der Waals surface area contributed by atoms with Gasteiger partial charge in [0.1, 0.15) is 0 Å². The Morgan fingerprint density at radius 1 is 0.955 bits per heavy atom. The summed E-state index contributed by atoms with van der Waals surface area (Å²) >= 11 is 5.45. The van der Waals surface area contributed by atoms with Gasteiger partial charge in [0.2, 0.25) is 0 Å². The van der Waals surface area contributed by atoms with Gasteiger partial charge in [0.15, 0.2) is 0 Å². The molecule has 0 nitrogen and oxygen atoms in total. The summed E-state index contributed by atoms with van der Waals surface area (Å²) in [5, 5.41) is 2.44. The second kappa shape index (κ2) is 9.96. The Bertz CT molecular complexity index is 469. The normalized spacial score (nSPS) is 21.2. The van der Waals surface area contributed by atoms with E-state index in [1.807, 2.05) is 0 Å². The van der Waals surface area contributed by atoms with Crippen LogP contribution in [0.4, 0.5) is 0 Å². The molecule has 0 bridgehead atoms. The Labute approximate surface area is 141 Å². The monoisotopic (exact) mass is 316 g/mol. The predicted octanol–water partition coefficient (Wildman–Crippen LogP) is 6.87. The lowest BCUT2D eigenvalue weighted by atomic mass is 9.77. The first-order chi connectivity index (χ1) is 10.8. The summed E-state index contributed by atoms with van der Waals surface area (Å²) in [4.78, 5) is 0. The molecule has 1 fully saturated rings. The van der Waals surface area contributed by atoms with Crippen LogP contribution in [0.2, 0.25) is 0 Å². The van der Waals surface area contributed by atoms with Gasteiger partial charge >= 0.3 is 0 Å². The van der Waals surface area contributed by atoms with E-state index in [1.165, 1.54) is 69.8 Å². The molecule has 1 aromatic rings. The van der Waals surface area contributed by atoms with Crippen LogP contribution in [0.1, 0.15) is 88.2 Å². The topological polar surface area (TPSA) is 0 Å². The highest BCUT2D eigenvalue weighted by molar-refractivity contribution is 6.30. The minimum atomic E-state index is 0.759. The molecule has 0 spiro atoms. The van der Waals surface area contributed by atoms with Crippen LogP contribution in [-0.4, -0.2) is 0 Å². The third-order valence-electron chi connectivity index (χ3n) is 5.14. The van der Waals surface area contributed by atoms with Crippen LogP contribution in [-0.2, 0) is 0 Å². The van der Waals surface area contributed by atoms with Crippen LogP contribution >= 0.6 is 11.6 Å². The van der Waals surface area contributed by atoms with Gasteiger partial charge in [-0.2, -0.15) is 0 Å². The van der Waals surface area contributed by atoms with Crippen LogP contribution in [0.15, 0.2) is 24.3 Å². The van der Waals surface area contributed by atoms with E-state index in [0.29, 0.717) is 0 Å². The molecule has 0 N–H and O–H groups in total. The highest BCUT2D eigenvalue weighted by Crippen LogP contribution is 2.37.